The second kappa shape index (κ2) is 6.26. The molecule has 5 nitrogen and oxygen atoms in total. The summed E-state index contributed by atoms with van der Waals surface area (Å²) in [5.41, 5.74) is 0.736. The Hall–Kier alpha value is -1.89. The Balaban J connectivity index is 2.10. The monoisotopic (exact) mass is 325 g/mol. The van der Waals surface area contributed by atoms with Gasteiger partial charge in [0.1, 0.15) is 0 Å². The molecule has 0 saturated heterocycles. The van der Waals surface area contributed by atoms with Crippen molar-refractivity contribution in [3.05, 3.63) is 64.7 Å². The Bertz CT molecular complexity index is 757. The molecule has 0 radical (unpaired) electrons. The van der Waals surface area contributed by atoms with Crippen LogP contribution in [0.4, 0.5) is 0 Å². The quantitative estimate of drug-likeness (QED) is 0.877. The third-order valence-corrected chi connectivity index (χ3v) is 4.30. The minimum Gasteiger partial charge on any atom is -0.351 e. The lowest BCUT2D eigenvalue weighted by atomic mass is 10.2. The molecule has 2 aromatic rings. The van der Waals surface area contributed by atoms with Crippen LogP contribution in [-0.2, 0) is 14.9 Å². The smallest absolute Gasteiger partial charge is 0.351 e. The zero-order valence-corrected chi connectivity index (χ0v) is 12.6. The number of sulfonamides is 1. The summed E-state index contributed by atoms with van der Waals surface area (Å²) in [6.07, 6.45) is 0. The van der Waals surface area contributed by atoms with Crippen molar-refractivity contribution in [1.82, 2.24) is 4.89 Å². The predicted molar refractivity (Wildman–Crippen MR) is 78.4 cm³/mol. The fourth-order valence-electron chi connectivity index (χ4n) is 1.64. The number of rotatable bonds is 4. The van der Waals surface area contributed by atoms with E-state index in [0.29, 0.717) is 10.6 Å². The summed E-state index contributed by atoms with van der Waals surface area (Å²) in [7, 11) is -3.92. The van der Waals surface area contributed by atoms with Gasteiger partial charge in [0.05, 0.1) is 10.5 Å². The van der Waals surface area contributed by atoms with Crippen LogP contribution in [0, 0.1) is 6.92 Å². The molecule has 1 N–H and O–H groups in total. The Labute approximate surface area is 127 Å². The number of hydrogen-bond donors (Lipinski definition) is 1. The highest BCUT2D eigenvalue weighted by Gasteiger charge is 2.19. The SMILES string of the molecule is Cc1ccccc1S(=O)(=O)NOC(=O)c1ccc(Cl)cc1. The first-order valence-corrected chi connectivity index (χ1v) is 7.80. The van der Waals surface area contributed by atoms with E-state index in [1.807, 2.05) is 4.89 Å². The molecule has 21 heavy (non-hydrogen) atoms. The van der Waals surface area contributed by atoms with Crippen molar-refractivity contribution in [1.29, 1.82) is 0 Å². The number of aryl methyl sites for hydroxylation is 1. The number of hydrogen-bond acceptors (Lipinski definition) is 4. The first kappa shape index (κ1) is 15.5. The van der Waals surface area contributed by atoms with Crippen LogP contribution in [0.15, 0.2) is 53.4 Å². The molecule has 2 rings (SSSR count). The molecule has 0 aliphatic rings. The average Bonchev–Trinajstić information content (AvgIpc) is 2.46. The summed E-state index contributed by atoms with van der Waals surface area (Å²) in [5.74, 6) is -0.816. The lowest BCUT2D eigenvalue weighted by Crippen LogP contribution is -2.27. The van der Waals surface area contributed by atoms with Crippen LogP contribution in [-0.4, -0.2) is 14.4 Å². The van der Waals surface area contributed by atoms with Gasteiger partial charge < -0.3 is 4.84 Å². The van der Waals surface area contributed by atoms with E-state index in [1.54, 1.807) is 25.1 Å². The van der Waals surface area contributed by atoms with Gasteiger partial charge in [0.2, 0.25) is 0 Å². The van der Waals surface area contributed by atoms with Crippen LogP contribution in [0.5, 0.6) is 0 Å². The summed E-state index contributed by atoms with van der Waals surface area (Å²) in [6.45, 7) is 1.65. The van der Waals surface area contributed by atoms with E-state index >= 15 is 0 Å². The minimum absolute atomic E-state index is 0.0499. The van der Waals surface area contributed by atoms with E-state index in [-0.39, 0.29) is 10.5 Å². The van der Waals surface area contributed by atoms with Gasteiger partial charge in [-0.15, -0.1) is 0 Å². The number of nitrogens with one attached hydrogen (secondary N) is 1. The summed E-state index contributed by atoms with van der Waals surface area (Å²) in [4.78, 5) is 18.2. The molecule has 0 heterocycles. The molecule has 0 unspecified atom stereocenters. The number of halogens is 1. The largest absolute Gasteiger partial charge is 0.357 e. The highest BCUT2D eigenvalue weighted by atomic mass is 35.5. The first-order valence-electron chi connectivity index (χ1n) is 5.94. The van der Waals surface area contributed by atoms with Gasteiger partial charge in [0, 0.05) is 5.02 Å². The highest BCUT2D eigenvalue weighted by Crippen LogP contribution is 2.14. The number of benzene rings is 2. The van der Waals surface area contributed by atoms with E-state index in [0.717, 1.165) is 0 Å². The zero-order valence-electron chi connectivity index (χ0n) is 11.0. The maximum atomic E-state index is 12.0. The summed E-state index contributed by atoms with van der Waals surface area (Å²) >= 11 is 5.70. The van der Waals surface area contributed by atoms with Crippen LogP contribution in [0.2, 0.25) is 5.02 Å². The van der Waals surface area contributed by atoms with Crippen molar-refractivity contribution in [2.24, 2.45) is 0 Å². The molecule has 0 atom stereocenters. The average molecular weight is 326 g/mol. The third-order valence-electron chi connectivity index (χ3n) is 2.71. The van der Waals surface area contributed by atoms with Crippen LogP contribution in [0.3, 0.4) is 0 Å². The molecular formula is C14H12ClNO4S. The second-order valence-electron chi connectivity index (χ2n) is 4.25. The van der Waals surface area contributed by atoms with Crippen molar-refractivity contribution < 1.29 is 18.0 Å². The van der Waals surface area contributed by atoms with E-state index < -0.39 is 16.0 Å². The Morgan fingerprint density at radius 2 is 1.71 bits per heavy atom. The zero-order chi connectivity index (χ0) is 15.5. The Morgan fingerprint density at radius 3 is 2.33 bits per heavy atom. The van der Waals surface area contributed by atoms with Gasteiger partial charge >= 0.3 is 5.97 Å². The van der Waals surface area contributed by atoms with Crippen LogP contribution in [0.1, 0.15) is 15.9 Å². The highest BCUT2D eigenvalue weighted by molar-refractivity contribution is 7.89. The van der Waals surface area contributed by atoms with Gasteiger partial charge in [0.15, 0.2) is 0 Å². The molecule has 0 bridgehead atoms. The molecule has 0 spiro atoms. The molecule has 7 heteroatoms. The van der Waals surface area contributed by atoms with Crippen LogP contribution >= 0.6 is 11.6 Å². The fourth-order valence-corrected chi connectivity index (χ4v) is 2.79. The van der Waals surface area contributed by atoms with Gasteiger partial charge in [-0.05, 0) is 47.7 Å². The predicted octanol–water partition coefficient (Wildman–Crippen LogP) is 2.70. The first-order chi connectivity index (χ1) is 9.90. The minimum atomic E-state index is -3.92. The second-order valence-corrected chi connectivity index (χ2v) is 6.30. The lowest BCUT2D eigenvalue weighted by molar-refractivity contribution is 0.0407. The van der Waals surface area contributed by atoms with E-state index in [2.05, 4.69) is 4.84 Å². The maximum Gasteiger partial charge on any atom is 0.357 e. The van der Waals surface area contributed by atoms with E-state index in [1.165, 1.54) is 30.3 Å². The molecule has 0 aliphatic carbocycles. The third kappa shape index (κ3) is 3.81. The molecule has 0 aliphatic heterocycles. The topological polar surface area (TPSA) is 72.5 Å². The molecule has 0 aromatic heterocycles. The molecule has 0 amide bonds. The van der Waals surface area contributed by atoms with Gasteiger partial charge in [-0.3, -0.25) is 0 Å². The van der Waals surface area contributed by atoms with Crippen LogP contribution in [0.25, 0.3) is 0 Å². The maximum absolute atomic E-state index is 12.0. The number of carbonyl (C=O) groups is 1. The van der Waals surface area contributed by atoms with Crippen LogP contribution < -0.4 is 4.89 Å². The summed E-state index contributed by atoms with van der Waals surface area (Å²) in [6, 6.07) is 12.3. The fraction of sp³-hybridized carbons (Fsp3) is 0.0714. The van der Waals surface area contributed by atoms with E-state index in [9.17, 15) is 13.2 Å². The molecular weight excluding hydrogens is 314 g/mol. The molecule has 0 fully saturated rings. The van der Waals surface area contributed by atoms with E-state index in [4.69, 9.17) is 11.6 Å². The van der Waals surface area contributed by atoms with Crippen molar-refractivity contribution in [3.63, 3.8) is 0 Å². The molecule has 110 valence electrons. The number of carbonyl (C=O) groups excluding carboxylic acids is 1. The molecule has 0 saturated carbocycles. The van der Waals surface area contributed by atoms with Crippen molar-refractivity contribution in [3.8, 4) is 0 Å². The Kier molecular flexibility index (Phi) is 4.62. The lowest BCUT2D eigenvalue weighted by Gasteiger charge is -2.09. The summed E-state index contributed by atoms with van der Waals surface area (Å²) < 4.78 is 24.1. The Morgan fingerprint density at radius 1 is 1.10 bits per heavy atom. The summed E-state index contributed by atoms with van der Waals surface area (Å²) in [5, 5.41) is 0.465. The van der Waals surface area contributed by atoms with Crippen molar-refractivity contribution in [2.75, 3.05) is 0 Å². The standard InChI is InChI=1S/C14H12ClNO4S/c1-10-4-2-3-5-13(10)21(18,19)16-20-14(17)11-6-8-12(15)9-7-11/h2-9,16H,1H3. The van der Waals surface area contributed by atoms with Gasteiger partial charge in [-0.2, -0.15) is 0 Å². The van der Waals surface area contributed by atoms with Gasteiger partial charge in [-0.25, -0.2) is 13.2 Å². The van der Waals surface area contributed by atoms with Crippen molar-refractivity contribution in [2.45, 2.75) is 11.8 Å². The molecule has 2 aromatic carbocycles. The normalized spacial score (nSPS) is 11.1. The van der Waals surface area contributed by atoms with Gasteiger partial charge in [-0.1, -0.05) is 29.8 Å². The van der Waals surface area contributed by atoms with Gasteiger partial charge in [0.25, 0.3) is 10.0 Å². The van der Waals surface area contributed by atoms with Crippen molar-refractivity contribution >= 4 is 27.6 Å².